The van der Waals surface area contributed by atoms with Crippen molar-refractivity contribution >= 4 is 23.5 Å². The highest BCUT2D eigenvalue weighted by Gasteiger charge is 2.10. The van der Waals surface area contributed by atoms with E-state index in [-0.39, 0.29) is 24.1 Å². The van der Waals surface area contributed by atoms with E-state index in [0.717, 1.165) is 0 Å². The van der Waals surface area contributed by atoms with E-state index in [1.807, 2.05) is 0 Å². The Morgan fingerprint density at radius 3 is 2.42 bits per heavy atom. The third kappa shape index (κ3) is 4.42. The van der Waals surface area contributed by atoms with Crippen LogP contribution in [0.25, 0.3) is 0 Å². The second kappa shape index (κ2) is 6.53. The zero-order valence-electron chi connectivity index (χ0n) is 10.3. The molecule has 0 radical (unpaired) electrons. The van der Waals surface area contributed by atoms with Gasteiger partial charge < -0.3 is 25.1 Å². The summed E-state index contributed by atoms with van der Waals surface area (Å²) in [6.07, 6.45) is 0.0954. The molecular weight excluding hydrogens is 250 g/mol. The predicted octanol–water partition coefficient (Wildman–Crippen LogP) is -0.845. The van der Waals surface area contributed by atoms with Gasteiger partial charge in [0.2, 0.25) is 5.91 Å². The number of hydrogen-bond donors (Lipinski definition) is 1. The summed E-state index contributed by atoms with van der Waals surface area (Å²) in [5.41, 5.74) is 0.0115. The molecule has 0 aliphatic heterocycles. The number of carboxylic acid groups (broad SMARTS) is 2. The van der Waals surface area contributed by atoms with Gasteiger partial charge in [0, 0.05) is 23.6 Å². The molecule has 0 spiro atoms. The summed E-state index contributed by atoms with van der Waals surface area (Å²) in [6, 6.07) is 5.84. The van der Waals surface area contributed by atoms with Gasteiger partial charge in [-0.05, 0) is 18.4 Å². The van der Waals surface area contributed by atoms with Gasteiger partial charge in [0.25, 0.3) is 0 Å². The topological polar surface area (TPSA) is 109 Å². The summed E-state index contributed by atoms with van der Waals surface area (Å²) in [7, 11) is 0. The van der Waals surface area contributed by atoms with Gasteiger partial charge in [0.15, 0.2) is 0 Å². The summed E-state index contributed by atoms with van der Waals surface area (Å²) >= 11 is 0. The molecule has 19 heavy (non-hydrogen) atoms. The molecule has 0 heterocycles. The largest absolute Gasteiger partial charge is 0.550 e. The average molecular weight is 263 g/mol. The Morgan fingerprint density at radius 1 is 1.21 bits per heavy atom. The van der Waals surface area contributed by atoms with Crippen molar-refractivity contribution in [2.24, 2.45) is 5.92 Å². The van der Waals surface area contributed by atoms with Crippen molar-refractivity contribution in [1.82, 2.24) is 0 Å². The van der Waals surface area contributed by atoms with Crippen molar-refractivity contribution in [1.29, 1.82) is 0 Å². The molecule has 1 aromatic carbocycles. The lowest BCUT2D eigenvalue weighted by molar-refractivity contribution is -0.311. The Labute approximate surface area is 110 Å². The van der Waals surface area contributed by atoms with E-state index in [2.05, 4.69) is 5.32 Å². The number of hydrogen-bond acceptors (Lipinski definition) is 5. The van der Waals surface area contributed by atoms with Crippen molar-refractivity contribution < 1.29 is 24.6 Å². The van der Waals surface area contributed by atoms with Crippen LogP contribution in [0.3, 0.4) is 0 Å². The monoisotopic (exact) mass is 263 g/mol. The molecule has 6 nitrogen and oxygen atoms in total. The van der Waals surface area contributed by atoms with Gasteiger partial charge in [-0.1, -0.05) is 25.1 Å². The van der Waals surface area contributed by atoms with Crippen LogP contribution in [0.2, 0.25) is 0 Å². The number of carbonyl (C=O) groups excluding carboxylic acids is 3. The van der Waals surface area contributed by atoms with Gasteiger partial charge in [-0.2, -0.15) is 0 Å². The minimum atomic E-state index is -1.39. The van der Waals surface area contributed by atoms with E-state index in [1.54, 1.807) is 6.07 Å². The molecule has 1 unspecified atom stereocenters. The van der Waals surface area contributed by atoms with Gasteiger partial charge in [0.1, 0.15) is 0 Å². The molecule has 1 aromatic rings. The molecular formula is C13H13NO5-2. The Morgan fingerprint density at radius 2 is 1.84 bits per heavy atom. The molecule has 0 fully saturated rings. The number of benzene rings is 1. The highest BCUT2D eigenvalue weighted by Crippen LogP contribution is 2.15. The van der Waals surface area contributed by atoms with Crippen molar-refractivity contribution in [3.8, 4) is 0 Å². The van der Waals surface area contributed by atoms with Crippen LogP contribution in [-0.2, 0) is 9.59 Å². The molecule has 1 amide bonds. The first-order valence-corrected chi connectivity index (χ1v) is 5.73. The number of para-hydroxylation sites is 1. The normalized spacial score (nSPS) is 11.6. The molecule has 1 rings (SSSR count). The number of aromatic carboxylic acids is 1. The first-order valence-electron chi connectivity index (χ1n) is 5.73. The summed E-state index contributed by atoms with van der Waals surface area (Å²) in [5.74, 6) is -3.80. The lowest BCUT2D eigenvalue weighted by Crippen LogP contribution is -2.30. The SMILES string of the molecule is CC(CCC(=O)Nc1ccccc1C(=O)[O-])C(=O)[O-]. The fraction of sp³-hybridized carbons (Fsp3) is 0.308. The standard InChI is InChI=1S/C13H15NO5/c1-8(12(16)17)6-7-11(15)14-10-5-3-2-4-9(10)13(18)19/h2-5,8H,6-7H2,1H3,(H,14,15)(H,16,17)(H,18,19)/p-2. The number of anilines is 1. The minimum absolute atomic E-state index is 0.0312. The average Bonchev–Trinajstić information content (AvgIpc) is 2.36. The third-order valence-electron chi connectivity index (χ3n) is 2.63. The van der Waals surface area contributed by atoms with Crippen LogP contribution < -0.4 is 15.5 Å². The van der Waals surface area contributed by atoms with Crippen LogP contribution in [0.5, 0.6) is 0 Å². The molecule has 0 bridgehead atoms. The number of rotatable bonds is 6. The number of amides is 1. The molecule has 102 valence electrons. The smallest absolute Gasteiger partial charge is 0.224 e. The number of carboxylic acids is 2. The molecule has 0 saturated heterocycles. The maximum Gasteiger partial charge on any atom is 0.224 e. The van der Waals surface area contributed by atoms with Crippen LogP contribution in [0.1, 0.15) is 30.1 Å². The molecule has 1 atom stereocenters. The van der Waals surface area contributed by atoms with Gasteiger partial charge in [-0.15, -0.1) is 0 Å². The first-order chi connectivity index (χ1) is 8.91. The van der Waals surface area contributed by atoms with Crippen molar-refractivity contribution in [3.63, 3.8) is 0 Å². The maximum atomic E-state index is 11.6. The second-order valence-electron chi connectivity index (χ2n) is 4.14. The zero-order valence-corrected chi connectivity index (χ0v) is 10.3. The number of aliphatic carboxylic acids is 1. The van der Waals surface area contributed by atoms with E-state index < -0.39 is 23.8 Å². The van der Waals surface area contributed by atoms with E-state index in [4.69, 9.17) is 0 Å². The van der Waals surface area contributed by atoms with E-state index >= 15 is 0 Å². The van der Waals surface area contributed by atoms with Crippen molar-refractivity contribution in [2.75, 3.05) is 5.32 Å². The highest BCUT2D eigenvalue weighted by atomic mass is 16.4. The van der Waals surface area contributed by atoms with Crippen molar-refractivity contribution in [2.45, 2.75) is 19.8 Å². The minimum Gasteiger partial charge on any atom is -0.550 e. The van der Waals surface area contributed by atoms with E-state index in [0.29, 0.717) is 0 Å². The van der Waals surface area contributed by atoms with Crippen LogP contribution in [0, 0.1) is 5.92 Å². The molecule has 0 saturated carbocycles. The molecule has 1 N–H and O–H groups in total. The molecule has 0 aliphatic carbocycles. The summed E-state index contributed by atoms with van der Waals surface area (Å²) < 4.78 is 0. The lowest BCUT2D eigenvalue weighted by atomic mass is 10.1. The maximum absolute atomic E-state index is 11.6. The number of nitrogens with one attached hydrogen (secondary N) is 1. The van der Waals surface area contributed by atoms with Crippen molar-refractivity contribution in [3.05, 3.63) is 29.8 Å². The molecule has 0 aromatic heterocycles. The third-order valence-corrected chi connectivity index (χ3v) is 2.63. The van der Waals surface area contributed by atoms with Gasteiger partial charge in [-0.25, -0.2) is 0 Å². The number of carbonyl (C=O) groups is 3. The second-order valence-corrected chi connectivity index (χ2v) is 4.14. The Bertz CT molecular complexity index is 498. The van der Waals surface area contributed by atoms with Crippen LogP contribution >= 0.6 is 0 Å². The van der Waals surface area contributed by atoms with Crippen LogP contribution in [-0.4, -0.2) is 17.8 Å². The Hall–Kier alpha value is -2.37. The predicted molar refractivity (Wildman–Crippen MR) is 62.8 cm³/mol. The molecule has 6 heteroatoms. The van der Waals surface area contributed by atoms with Crippen LogP contribution in [0.4, 0.5) is 5.69 Å². The molecule has 0 aliphatic rings. The zero-order chi connectivity index (χ0) is 14.4. The van der Waals surface area contributed by atoms with E-state index in [1.165, 1.54) is 25.1 Å². The Balaban J connectivity index is 2.63. The fourth-order valence-electron chi connectivity index (χ4n) is 1.45. The van der Waals surface area contributed by atoms with Gasteiger partial charge in [-0.3, -0.25) is 4.79 Å². The van der Waals surface area contributed by atoms with E-state index in [9.17, 15) is 24.6 Å². The summed E-state index contributed by atoms with van der Waals surface area (Å²) in [4.78, 5) is 32.9. The lowest BCUT2D eigenvalue weighted by Gasteiger charge is -2.14. The van der Waals surface area contributed by atoms with Crippen LogP contribution in [0.15, 0.2) is 24.3 Å². The van der Waals surface area contributed by atoms with Gasteiger partial charge >= 0.3 is 0 Å². The Kier molecular flexibility index (Phi) is 5.05. The fourth-order valence-corrected chi connectivity index (χ4v) is 1.45. The first kappa shape index (κ1) is 14.7. The van der Waals surface area contributed by atoms with Gasteiger partial charge in [0.05, 0.1) is 5.97 Å². The summed E-state index contributed by atoms with van der Waals surface area (Å²) in [6.45, 7) is 1.44. The highest BCUT2D eigenvalue weighted by molar-refractivity contribution is 5.99. The quantitative estimate of drug-likeness (QED) is 0.719. The summed E-state index contributed by atoms with van der Waals surface area (Å²) in [5, 5.41) is 23.7.